The summed E-state index contributed by atoms with van der Waals surface area (Å²) in [5, 5.41) is 4.62. The molecule has 3 amide bonds. The van der Waals surface area contributed by atoms with Crippen LogP contribution < -0.4 is 0 Å². The third kappa shape index (κ3) is 3.37. The molecule has 12 heteroatoms. The van der Waals surface area contributed by atoms with Gasteiger partial charge < -0.3 is 14.4 Å². The van der Waals surface area contributed by atoms with Crippen molar-refractivity contribution in [2.24, 2.45) is 11.3 Å². The van der Waals surface area contributed by atoms with Crippen LogP contribution in [0.15, 0.2) is 59.4 Å². The average Bonchev–Trinajstić information content (AvgIpc) is 3.38. The standard InChI is InChI=1S/C29H28N4O6S2/c1-3-17(2)39-25(35)24(31(16-34)14-18-8-5-4-6-9-18)33-26(36)28-21(23-30-11-13-41-23)22(28)29(28,33)32-19(15-38-27(32)37)20-10-7-12-40-20/h4-13,16-17,19,21-22,24H,3,14-15H2,1-2H3/t17?,19-,21?,22+,24+,28+,29+/m0/s1. The summed E-state index contributed by atoms with van der Waals surface area (Å²) in [5.41, 5.74) is -1.24. The summed E-state index contributed by atoms with van der Waals surface area (Å²) in [6.07, 6.45) is 0.517. The van der Waals surface area contributed by atoms with Gasteiger partial charge in [-0.1, -0.05) is 43.3 Å². The summed E-state index contributed by atoms with van der Waals surface area (Å²) in [7, 11) is 0. The van der Waals surface area contributed by atoms with E-state index in [2.05, 4.69) is 4.98 Å². The van der Waals surface area contributed by atoms with Crippen LogP contribution in [0.5, 0.6) is 0 Å². The molecule has 2 unspecified atom stereocenters. The number of cyclic esters (lactones) is 1. The highest BCUT2D eigenvalue weighted by Crippen LogP contribution is 2.98. The van der Waals surface area contributed by atoms with Gasteiger partial charge in [0.05, 0.1) is 11.1 Å². The van der Waals surface area contributed by atoms with Gasteiger partial charge in [0.15, 0.2) is 0 Å². The molecule has 7 rings (SSSR count). The second-order valence-electron chi connectivity index (χ2n) is 10.9. The molecule has 10 nitrogen and oxygen atoms in total. The monoisotopic (exact) mass is 592 g/mol. The van der Waals surface area contributed by atoms with E-state index in [0.29, 0.717) is 12.8 Å². The Kier molecular flexibility index (Phi) is 5.98. The topological polar surface area (TPSA) is 109 Å². The van der Waals surface area contributed by atoms with Crippen molar-refractivity contribution in [3.63, 3.8) is 0 Å². The summed E-state index contributed by atoms with van der Waals surface area (Å²) >= 11 is 2.97. The Hall–Kier alpha value is -3.77. The number of likely N-dealkylation sites (tertiary alicyclic amines) is 1. The molecule has 4 fully saturated rings. The number of esters is 1. The molecule has 212 valence electrons. The van der Waals surface area contributed by atoms with E-state index >= 15 is 0 Å². The van der Waals surface area contributed by atoms with E-state index in [9.17, 15) is 19.2 Å². The number of thiophene rings is 1. The van der Waals surface area contributed by atoms with Crippen LogP contribution in [0.25, 0.3) is 0 Å². The van der Waals surface area contributed by atoms with E-state index in [4.69, 9.17) is 9.47 Å². The molecule has 2 saturated carbocycles. The minimum atomic E-state index is -1.36. The molecular formula is C29H28N4O6S2. The van der Waals surface area contributed by atoms with Crippen LogP contribution in [0, 0.1) is 11.3 Å². The van der Waals surface area contributed by atoms with E-state index in [1.807, 2.05) is 60.1 Å². The lowest BCUT2D eigenvalue weighted by Gasteiger charge is -2.57. The van der Waals surface area contributed by atoms with Crippen LogP contribution >= 0.6 is 22.7 Å². The lowest BCUT2D eigenvalue weighted by Crippen LogP contribution is -2.77. The van der Waals surface area contributed by atoms with Gasteiger partial charge in [-0.05, 0) is 30.4 Å². The highest BCUT2D eigenvalue weighted by molar-refractivity contribution is 7.10. The molecule has 2 aliphatic carbocycles. The molecule has 41 heavy (non-hydrogen) atoms. The third-order valence-electron chi connectivity index (χ3n) is 8.94. The molecular weight excluding hydrogens is 564 g/mol. The predicted octanol–water partition coefficient (Wildman–Crippen LogP) is 3.98. The van der Waals surface area contributed by atoms with Crippen molar-refractivity contribution in [1.82, 2.24) is 19.7 Å². The summed E-state index contributed by atoms with van der Waals surface area (Å²) in [6, 6.07) is 12.7. The number of piperidine rings is 1. The number of amides is 3. The average molecular weight is 593 g/mol. The number of β-lactam (4-membered cyclic amide) rings is 1. The smallest absolute Gasteiger partial charge is 0.412 e. The van der Waals surface area contributed by atoms with Crippen LogP contribution in [-0.2, 0) is 30.4 Å². The van der Waals surface area contributed by atoms with Gasteiger partial charge in [0.2, 0.25) is 18.5 Å². The van der Waals surface area contributed by atoms with Gasteiger partial charge in [-0.15, -0.1) is 22.7 Å². The number of nitrogens with zero attached hydrogens (tertiary/aromatic N) is 4. The number of hydrogen-bond acceptors (Lipinski definition) is 9. The van der Waals surface area contributed by atoms with E-state index in [1.165, 1.54) is 32.5 Å². The fourth-order valence-electron chi connectivity index (χ4n) is 7.00. The highest BCUT2D eigenvalue weighted by atomic mass is 32.1. The molecule has 1 aromatic carbocycles. The zero-order chi connectivity index (χ0) is 28.5. The maximum atomic E-state index is 14.3. The molecule has 2 aromatic heterocycles. The summed E-state index contributed by atoms with van der Waals surface area (Å²) in [4.78, 5) is 64.0. The molecule has 3 aromatic rings. The number of thiazole rings is 1. The number of benzene rings is 1. The van der Waals surface area contributed by atoms with Crippen molar-refractivity contribution < 1.29 is 28.7 Å². The zero-order valence-electron chi connectivity index (χ0n) is 22.4. The number of carbonyl (C=O) groups is 4. The van der Waals surface area contributed by atoms with Crippen LogP contribution in [0.1, 0.15) is 47.7 Å². The fourth-order valence-corrected chi connectivity index (χ4v) is 8.66. The largest absolute Gasteiger partial charge is 0.460 e. The van der Waals surface area contributed by atoms with Crippen molar-refractivity contribution in [3.05, 3.63) is 74.9 Å². The maximum absolute atomic E-state index is 14.3. The minimum absolute atomic E-state index is 0.0802. The number of ether oxygens (including phenoxy) is 2. The summed E-state index contributed by atoms with van der Waals surface area (Å²) in [5.74, 6) is -1.42. The van der Waals surface area contributed by atoms with Crippen LogP contribution in [0.4, 0.5) is 4.79 Å². The first-order valence-electron chi connectivity index (χ1n) is 13.6. The van der Waals surface area contributed by atoms with Gasteiger partial charge in [0, 0.05) is 34.8 Å². The first-order chi connectivity index (χ1) is 19.9. The van der Waals surface area contributed by atoms with Gasteiger partial charge >= 0.3 is 12.1 Å². The first kappa shape index (κ1) is 26.1. The zero-order valence-corrected chi connectivity index (χ0v) is 24.0. The van der Waals surface area contributed by atoms with Crippen LogP contribution in [0.2, 0.25) is 0 Å². The van der Waals surface area contributed by atoms with Gasteiger partial charge in [-0.25, -0.2) is 14.6 Å². The van der Waals surface area contributed by atoms with Gasteiger partial charge in [0.1, 0.15) is 23.7 Å². The summed E-state index contributed by atoms with van der Waals surface area (Å²) in [6.45, 7) is 3.87. The molecule has 0 radical (unpaired) electrons. The van der Waals surface area contributed by atoms with Gasteiger partial charge in [-0.3, -0.25) is 19.4 Å². The van der Waals surface area contributed by atoms with E-state index in [1.54, 1.807) is 18.0 Å². The number of rotatable bonds is 11. The quantitative estimate of drug-likeness (QED) is 0.188. The van der Waals surface area contributed by atoms with Crippen molar-refractivity contribution in [1.29, 1.82) is 0 Å². The Morgan fingerprint density at radius 2 is 2.02 bits per heavy atom. The third-order valence-corrected chi connectivity index (χ3v) is 10.8. The Balaban J connectivity index is 1.32. The fraction of sp³-hybridized carbons (Fsp3) is 0.414. The molecule has 2 saturated heterocycles. The van der Waals surface area contributed by atoms with Crippen molar-refractivity contribution in [2.45, 2.75) is 56.7 Å². The van der Waals surface area contributed by atoms with Crippen molar-refractivity contribution in [2.75, 3.05) is 6.61 Å². The lowest BCUT2D eigenvalue weighted by molar-refractivity contribution is -0.203. The molecule has 1 spiro atoms. The Morgan fingerprint density at radius 3 is 2.66 bits per heavy atom. The predicted molar refractivity (Wildman–Crippen MR) is 148 cm³/mol. The molecule has 0 N–H and O–H groups in total. The number of fused-ring (bicyclic) bond motifs is 1. The Morgan fingerprint density at radius 1 is 1.22 bits per heavy atom. The van der Waals surface area contributed by atoms with E-state index in [0.717, 1.165) is 15.4 Å². The summed E-state index contributed by atoms with van der Waals surface area (Å²) < 4.78 is 11.3. The van der Waals surface area contributed by atoms with Crippen LogP contribution in [-0.4, -0.2) is 68.6 Å². The van der Waals surface area contributed by atoms with Crippen molar-refractivity contribution in [3.8, 4) is 0 Å². The van der Waals surface area contributed by atoms with Crippen LogP contribution in [0.3, 0.4) is 0 Å². The second-order valence-corrected chi connectivity index (χ2v) is 12.8. The SMILES string of the molecule is CCC(C)OC(=O)[C@H](N(C=O)Cc1ccccc1)N1C(=O)[C@@]23C(c4nccs4)[C@H]2[C@@]13N1C(=O)OC[C@H]1c1cccs1. The number of aromatic nitrogens is 1. The Bertz CT molecular complexity index is 1500. The second kappa shape index (κ2) is 9.38. The minimum Gasteiger partial charge on any atom is -0.460 e. The molecule has 4 aliphatic rings. The lowest BCUT2D eigenvalue weighted by atomic mass is 9.82. The highest BCUT2D eigenvalue weighted by Gasteiger charge is 3.12. The van der Waals surface area contributed by atoms with E-state index in [-0.39, 0.29) is 30.9 Å². The van der Waals surface area contributed by atoms with E-state index < -0.39 is 41.5 Å². The molecule has 7 atom stereocenters. The number of carbonyl (C=O) groups excluding carboxylic acids is 4. The maximum Gasteiger partial charge on any atom is 0.412 e. The normalized spacial score (nSPS) is 30.4. The molecule has 4 heterocycles. The first-order valence-corrected chi connectivity index (χ1v) is 15.4. The Labute approximate surface area is 244 Å². The molecule has 2 aliphatic heterocycles. The van der Waals surface area contributed by atoms with Crippen molar-refractivity contribution >= 4 is 47.1 Å². The molecule has 0 bridgehead atoms. The number of hydrogen-bond donors (Lipinski definition) is 0. The van der Waals surface area contributed by atoms with Gasteiger partial charge in [0.25, 0.3) is 0 Å². The van der Waals surface area contributed by atoms with Gasteiger partial charge in [-0.2, -0.15) is 0 Å².